The van der Waals surface area contributed by atoms with Gasteiger partial charge in [0.2, 0.25) is 6.79 Å². The van der Waals surface area contributed by atoms with Crippen LogP contribution >= 0.6 is 23.5 Å². The average molecular weight is 452 g/mol. The van der Waals surface area contributed by atoms with Crippen molar-refractivity contribution < 1.29 is 36.1 Å². The normalized spacial score (nSPS) is 17.2. The van der Waals surface area contributed by atoms with Gasteiger partial charge in [-0.15, -0.1) is 4.58 Å². The summed E-state index contributed by atoms with van der Waals surface area (Å²) in [5, 5.41) is 0. The zero-order chi connectivity index (χ0) is 21.6. The van der Waals surface area contributed by atoms with Crippen LogP contribution in [0.3, 0.4) is 0 Å². The lowest BCUT2D eigenvalue weighted by atomic mass is 10.2. The first-order chi connectivity index (χ1) is 13.6. The van der Waals surface area contributed by atoms with Crippen molar-refractivity contribution in [3.05, 3.63) is 28.7 Å². The molecular weight excluding hydrogens is 431 g/mol. The second-order valence-corrected chi connectivity index (χ2v) is 8.72. The second kappa shape index (κ2) is 10.4. The van der Waals surface area contributed by atoms with E-state index >= 15 is 0 Å². The number of fused-ring (bicyclic) bond motifs is 1. The predicted molar refractivity (Wildman–Crippen MR) is 110 cm³/mol. The van der Waals surface area contributed by atoms with E-state index in [0.29, 0.717) is 6.54 Å². The van der Waals surface area contributed by atoms with Crippen LogP contribution < -0.4 is 9.47 Å². The van der Waals surface area contributed by atoms with Crippen LogP contribution in [0.1, 0.15) is 12.5 Å². The van der Waals surface area contributed by atoms with E-state index < -0.39 is 7.25 Å². The Bertz CT molecular complexity index is 810. The molecule has 0 aliphatic carbocycles. The van der Waals surface area contributed by atoms with Crippen LogP contribution in [0.2, 0.25) is 0 Å². The second-order valence-electron chi connectivity index (χ2n) is 6.18. The summed E-state index contributed by atoms with van der Waals surface area (Å²) in [6.07, 6.45) is 1.93. The molecule has 160 valence electrons. The molecule has 2 aliphatic heterocycles. The topological polar surface area (TPSA) is 41.8 Å². The summed E-state index contributed by atoms with van der Waals surface area (Å²) in [6, 6.07) is 5.75. The molecule has 2 aliphatic rings. The number of ether oxygens (including phenoxy) is 2. The van der Waals surface area contributed by atoms with E-state index in [9.17, 15) is 22.1 Å². The van der Waals surface area contributed by atoms with Crippen molar-refractivity contribution in [3.63, 3.8) is 0 Å². The molecule has 3 rings (SSSR count). The third-order valence-electron chi connectivity index (χ3n) is 3.61. The maximum Gasteiger partial charge on any atom is 0.673 e. The molecule has 29 heavy (non-hydrogen) atoms. The molecule has 0 radical (unpaired) electrons. The van der Waals surface area contributed by atoms with Crippen molar-refractivity contribution >= 4 is 47.1 Å². The first-order valence-corrected chi connectivity index (χ1v) is 10.5. The smallest absolute Gasteiger partial charge is 0.454 e. The van der Waals surface area contributed by atoms with E-state index in [1.807, 2.05) is 42.9 Å². The molecule has 0 aromatic heterocycles. The lowest BCUT2D eigenvalue weighted by Crippen LogP contribution is -2.28. The monoisotopic (exact) mass is 452 g/mol. The fraction of sp³-hybridized carbons (Fsp3) is 0.412. The molecule has 1 amide bonds. The van der Waals surface area contributed by atoms with Crippen LogP contribution in [0.4, 0.5) is 17.3 Å². The number of carbonyl (C=O) groups is 1. The van der Waals surface area contributed by atoms with Crippen LogP contribution in [0.25, 0.3) is 6.08 Å². The summed E-state index contributed by atoms with van der Waals surface area (Å²) in [5.41, 5.74) is 0.949. The van der Waals surface area contributed by atoms with Crippen molar-refractivity contribution in [1.82, 2.24) is 4.90 Å². The molecule has 0 unspecified atom stereocenters. The Balaban J connectivity index is 0.000000537. The van der Waals surface area contributed by atoms with Crippen molar-refractivity contribution in [2.45, 2.75) is 6.92 Å². The quantitative estimate of drug-likeness (QED) is 0.291. The fourth-order valence-corrected chi connectivity index (χ4v) is 4.68. The Morgan fingerprint density at radius 3 is 2.52 bits per heavy atom. The van der Waals surface area contributed by atoms with Gasteiger partial charge in [-0.3, -0.25) is 0 Å². The molecule has 1 aromatic rings. The molecule has 0 bridgehead atoms. The van der Waals surface area contributed by atoms with Gasteiger partial charge < -0.3 is 31.6 Å². The van der Waals surface area contributed by atoms with Gasteiger partial charge in [-0.05, 0) is 61.4 Å². The highest BCUT2D eigenvalue weighted by Crippen LogP contribution is 2.36. The van der Waals surface area contributed by atoms with E-state index in [1.165, 1.54) is 0 Å². The molecular formula is C17H21BF4N2O3S2. The minimum absolute atomic E-state index is 0.0791. The average Bonchev–Trinajstić information content (AvgIpc) is 3.17. The summed E-state index contributed by atoms with van der Waals surface area (Å²) in [6.45, 7) is 3.91. The molecule has 12 heteroatoms. The Morgan fingerprint density at radius 2 is 1.90 bits per heavy atom. The molecule has 0 atom stereocenters. The number of amides is 1. The maximum atomic E-state index is 12.8. The van der Waals surface area contributed by atoms with E-state index in [2.05, 4.69) is 11.8 Å². The molecule has 0 spiro atoms. The number of likely N-dealkylation sites (N-methyl/N-ethyl adjacent to an activating group) is 1. The standard InChI is InChI=1S/C17H21N2O3S2.BF4/c1-4-23-17-19(8-7-18(2)3)16(20)15(24-17)10-12-5-6-13-14(9-12)22-11-21-13;2-1(3,4)5/h5-6,9-10H,4,7-8,11H2,1-3H3;/q+1;-1/b15-10-;. The molecule has 0 saturated heterocycles. The molecule has 0 fully saturated rings. The van der Waals surface area contributed by atoms with Gasteiger partial charge in [-0.2, -0.15) is 0 Å². The van der Waals surface area contributed by atoms with Crippen molar-refractivity contribution in [1.29, 1.82) is 0 Å². The molecule has 0 saturated carbocycles. The molecule has 2 heterocycles. The van der Waals surface area contributed by atoms with Gasteiger partial charge in [-0.1, -0.05) is 13.0 Å². The zero-order valence-electron chi connectivity index (χ0n) is 16.2. The van der Waals surface area contributed by atoms with Gasteiger partial charge in [0, 0.05) is 5.75 Å². The summed E-state index contributed by atoms with van der Waals surface area (Å²) < 4.78 is 52.7. The largest absolute Gasteiger partial charge is 0.673 e. The first-order valence-electron chi connectivity index (χ1n) is 8.71. The van der Waals surface area contributed by atoms with E-state index in [0.717, 1.165) is 38.6 Å². The van der Waals surface area contributed by atoms with E-state index in [-0.39, 0.29) is 12.7 Å². The maximum absolute atomic E-state index is 12.8. The van der Waals surface area contributed by atoms with Crippen LogP contribution in [0, 0.1) is 0 Å². The van der Waals surface area contributed by atoms with Crippen molar-refractivity contribution in [3.8, 4) is 11.5 Å². The van der Waals surface area contributed by atoms with Crippen LogP contribution in [-0.4, -0.2) is 66.7 Å². The first kappa shape index (κ1) is 23.6. The minimum Gasteiger partial charge on any atom is -0.454 e. The number of carbonyl (C=O) groups excluding carboxylic acids is 1. The SMILES string of the molecule is CCSC1=[N+](CCN(C)C)C(=O)/C(=C/c2ccc3c(c2)OCO3)S1.F[B-](F)(F)F. The van der Waals surface area contributed by atoms with Gasteiger partial charge in [0.25, 0.3) is 4.38 Å². The highest BCUT2D eigenvalue weighted by molar-refractivity contribution is 8.40. The number of hydrogen-bond donors (Lipinski definition) is 0. The van der Waals surface area contributed by atoms with Gasteiger partial charge in [0.1, 0.15) is 4.91 Å². The Labute approximate surface area is 175 Å². The van der Waals surface area contributed by atoms with Gasteiger partial charge in [0.15, 0.2) is 18.0 Å². The number of thioether (sulfide) groups is 2. The summed E-state index contributed by atoms with van der Waals surface area (Å²) in [7, 11) is -1.96. The van der Waals surface area contributed by atoms with Gasteiger partial charge in [0.05, 0.1) is 6.54 Å². The summed E-state index contributed by atoms with van der Waals surface area (Å²) in [4.78, 5) is 15.6. The Kier molecular flexibility index (Phi) is 8.47. The Hall–Kier alpha value is -1.66. The van der Waals surface area contributed by atoms with Crippen molar-refractivity contribution in [2.24, 2.45) is 0 Å². The Morgan fingerprint density at radius 1 is 1.24 bits per heavy atom. The van der Waals surface area contributed by atoms with Crippen molar-refractivity contribution in [2.75, 3.05) is 39.7 Å². The number of benzene rings is 1. The lowest BCUT2D eigenvalue weighted by Gasteiger charge is -2.06. The lowest BCUT2D eigenvalue weighted by molar-refractivity contribution is -0.437. The summed E-state index contributed by atoms with van der Waals surface area (Å²) >= 11 is 3.28. The third-order valence-corrected chi connectivity index (χ3v) is 5.87. The highest BCUT2D eigenvalue weighted by atomic mass is 32.2. The van der Waals surface area contributed by atoms with Crippen LogP contribution in [-0.2, 0) is 4.79 Å². The third kappa shape index (κ3) is 7.59. The predicted octanol–water partition coefficient (Wildman–Crippen LogP) is 4.01. The molecule has 5 nitrogen and oxygen atoms in total. The number of rotatable bonds is 5. The van der Waals surface area contributed by atoms with E-state index in [4.69, 9.17) is 9.47 Å². The fourth-order valence-electron chi connectivity index (χ4n) is 2.38. The highest BCUT2D eigenvalue weighted by Gasteiger charge is 2.37. The van der Waals surface area contributed by atoms with E-state index in [1.54, 1.807) is 23.5 Å². The van der Waals surface area contributed by atoms with Gasteiger partial charge in [-0.25, -0.2) is 4.79 Å². The number of hydrogen-bond acceptors (Lipinski definition) is 6. The number of halogens is 4. The molecule has 0 N–H and O–H groups in total. The molecule has 1 aromatic carbocycles. The van der Waals surface area contributed by atoms with Crippen LogP contribution in [0.5, 0.6) is 11.5 Å². The van der Waals surface area contributed by atoms with Gasteiger partial charge >= 0.3 is 13.2 Å². The summed E-state index contributed by atoms with van der Waals surface area (Å²) in [5.74, 6) is 2.52. The number of nitrogens with zero attached hydrogens (tertiary/aromatic N) is 2. The zero-order valence-corrected chi connectivity index (χ0v) is 17.8. The van der Waals surface area contributed by atoms with Crippen LogP contribution in [0.15, 0.2) is 23.1 Å². The minimum atomic E-state index is -6.00.